The van der Waals surface area contributed by atoms with E-state index in [0.717, 1.165) is 66.5 Å². The maximum Gasteiger partial charge on any atom is 0.219 e. The van der Waals surface area contributed by atoms with Gasteiger partial charge in [-0.1, -0.05) is 62.4 Å². The Kier molecular flexibility index (Phi) is 6.55. The molecule has 0 unspecified atom stereocenters. The third kappa shape index (κ3) is 5.08. The van der Waals surface area contributed by atoms with Crippen molar-refractivity contribution in [3.8, 4) is 22.5 Å². The Bertz CT molecular complexity index is 1110. The maximum atomic E-state index is 5.70. The van der Waals surface area contributed by atoms with Crippen LogP contribution in [0.15, 0.2) is 59.0 Å². The number of unbranched alkanes of at least 4 members (excludes halogenated alkanes) is 1. The van der Waals surface area contributed by atoms with Gasteiger partial charge in [0.2, 0.25) is 11.8 Å². The Morgan fingerprint density at radius 3 is 2.26 bits per heavy atom. The fourth-order valence-corrected chi connectivity index (χ4v) is 3.55. The Hall–Kier alpha value is -3.28. The van der Waals surface area contributed by atoms with E-state index in [1.165, 1.54) is 5.56 Å². The van der Waals surface area contributed by atoms with Gasteiger partial charge in [-0.05, 0) is 37.8 Å². The van der Waals surface area contributed by atoms with E-state index in [9.17, 15) is 0 Å². The molecule has 0 fully saturated rings. The first-order chi connectivity index (χ1) is 15.1. The number of aromatic nitrogens is 5. The largest absolute Gasteiger partial charge is 0.425 e. The third-order valence-electron chi connectivity index (χ3n) is 5.27. The summed E-state index contributed by atoms with van der Waals surface area (Å²) in [7, 11) is 0. The van der Waals surface area contributed by atoms with Gasteiger partial charge in [-0.3, -0.25) is 0 Å². The molecule has 0 aliphatic heterocycles. The zero-order valence-corrected chi connectivity index (χ0v) is 18.5. The summed E-state index contributed by atoms with van der Waals surface area (Å²) in [6, 6.07) is 18.9. The average Bonchev–Trinajstić information content (AvgIpc) is 3.45. The van der Waals surface area contributed by atoms with Gasteiger partial charge >= 0.3 is 0 Å². The summed E-state index contributed by atoms with van der Waals surface area (Å²) in [5, 5.41) is 17.7. The highest BCUT2D eigenvalue weighted by atomic mass is 16.4. The first kappa shape index (κ1) is 21.0. The molecule has 2 aromatic carbocycles. The van der Waals surface area contributed by atoms with E-state index in [-0.39, 0.29) is 5.92 Å². The van der Waals surface area contributed by atoms with Gasteiger partial charge in [0.15, 0.2) is 0 Å². The van der Waals surface area contributed by atoms with Gasteiger partial charge in [-0.25, -0.2) is 0 Å². The third-order valence-corrected chi connectivity index (χ3v) is 5.27. The fraction of sp³-hybridized carbons (Fsp3) is 0.360. The summed E-state index contributed by atoms with van der Waals surface area (Å²) in [6.45, 7) is 6.93. The molecule has 6 nitrogen and oxygen atoms in total. The Morgan fingerprint density at radius 2 is 1.55 bits per heavy atom. The highest BCUT2D eigenvalue weighted by Gasteiger charge is 2.15. The lowest BCUT2D eigenvalue weighted by molar-refractivity contribution is 0.426. The van der Waals surface area contributed by atoms with Crippen LogP contribution in [0.3, 0.4) is 0 Å². The molecule has 0 aliphatic rings. The van der Waals surface area contributed by atoms with Gasteiger partial charge in [0, 0.05) is 23.5 Å². The molecule has 0 radical (unpaired) electrons. The standard InChI is InChI=1S/C25H29N5O/c1-4-30-28-23(20-13-6-5-7-14-20)24(29-30)21-15-10-12-19(17-21)11-8-9-16-22-26-27-25(31-22)18(2)3/h5-7,10,12-15,17-18H,4,8-9,11,16H2,1-3H3. The van der Waals surface area contributed by atoms with Crippen LogP contribution in [0.4, 0.5) is 0 Å². The van der Waals surface area contributed by atoms with E-state index in [0.29, 0.717) is 0 Å². The van der Waals surface area contributed by atoms with Gasteiger partial charge in [-0.2, -0.15) is 15.0 Å². The zero-order valence-electron chi connectivity index (χ0n) is 18.5. The van der Waals surface area contributed by atoms with Crippen LogP contribution in [-0.2, 0) is 19.4 Å². The Balaban J connectivity index is 1.44. The van der Waals surface area contributed by atoms with Crippen LogP contribution in [0.2, 0.25) is 0 Å². The monoisotopic (exact) mass is 415 g/mol. The van der Waals surface area contributed by atoms with Gasteiger partial charge < -0.3 is 4.42 Å². The van der Waals surface area contributed by atoms with E-state index >= 15 is 0 Å². The second-order valence-electron chi connectivity index (χ2n) is 8.05. The van der Waals surface area contributed by atoms with Crippen molar-refractivity contribution in [1.82, 2.24) is 25.2 Å². The molecule has 0 saturated carbocycles. The van der Waals surface area contributed by atoms with Crippen LogP contribution in [0.25, 0.3) is 22.5 Å². The second-order valence-corrected chi connectivity index (χ2v) is 8.05. The fourth-order valence-electron chi connectivity index (χ4n) is 3.55. The first-order valence-corrected chi connectivity index (χ1v) is 11.1. The minimum atomic E-state index is 0.274. The summed E-state index contributed by atoms with van der Waals surface area (Å²) in [5.41, 5.74) is 5.35. The molecule has 2 aromatic heterocycles. The number of aryl methyl sites for hydroxylation is 3. The van der Waals surface area contributed by atoms with Crippen molar-refractivity contribution in [3.63, 3.8) is 0 Å². The predicted molar refractivity (Wildman–Crippen MR) is 122 cm³/mol. The van der Waals surface area contributed by atoms with Crippen molar-refractivity contribution in [1.29, 1.82) is 0 Å². The summed E-state index contributed by atoms with van der Waals surface area (Å²) in [5.74, 6) is 1.73. The van der Waals surface area contributed by atoms with E-state index < -0.39 is 0 Å². The van der Waals surface area contributed by atoms with E-state index in [4.69, 9.17) is 14.6 Å². The molecule has 0 aliphatic carbocycles. The number of nitrogens with zero attached hydrogens (tertiary/aromatic N) is 5. The molecule has 4 aromatic rings. The molecule has 0 bridgehead atoms. The summed E-state index contributed by atoms with van der Waals surface area (Å²) >= 11 is 0. The lowest BCUT2D eigenvalue weighted by Gasteiger charge is -2.05. The molecule has 4 rings (SSSR count). The Labute approximate surface area is 183 Å². The smallest absolute Gasteiger partial charge is 0.219 e. The molecule has 31 heavy (non-hydrogen) atoms. The van der Waals surface area contributed by atoms with Crippen molar-refractivity contribution >= 4 is 0 Å². The maximum absolute atomic E-state index is 5.70. The van der Waals surface area contributed by atoms with Gasteiger partial charge in [0.1, 0.15) is 11.4 Å². The zero-order chi connectivity index (χ0) is 21.6. The van der Waals surface area contributed by atoms with Crippen molar-refractivity contribution in [2.24, 2.45) is 0 Å². The Morgan fingerprint density at radius 1 is 0.839 bits per heavy atom. The SMILES string of the molecule is CCn1nc(-c2ccccc2)c(-c2cccc(CCCCc3nnc(C(C)C)o3)c2)n1. The molecular formula is C25H29N5O. The molecule has 0 spiro atoms. The topological polar surface area (TPSA) is 69.6 Å². The molecule has 0 amide bonds. The summed E-state index contributed by atoms with van der Waals surface area (Å²) in [6.07, 6.45) is 3.91. The normalized spacial score (nSPS) is 11.4. The highest BCUT2D eigenvalue weighted by Crippen LogP contribution is 2.29. The molecule has 0 N–H and O–H groups in total. The van der Waals surface area contributed by atoms with Crippen LogP contribution < -0.4 is 0 Å². The molecule has 0 atom stereocenters. The van der Waals surface area contributed by atoms with Crippen LogP contribution >= 0.6 is 0 Å². The van der Waals surface area contributed by atoms with Gasteiger partial charge in [-0.15, -0.1) is 10.2 Å². The van der Waals surface area contributed by atoms with E-state index in [1.807, 2.05) is 18.2 Å². The van der Waals surface area contributed by atoms with Gasteiger partial charge in [0.25, 0.3) is 0 Å². The molecule has 160 valence electrons. The lowest BCUT2D eigenvalue weighted by atomic mass is 10.0. The van der Waals surface area contributed by atoms with Crippen molar-refractivity contribution in [2.75, 3.05) is 0 Å². The quantitative estimate of drug-likeness (QED) is 0.328. The number of rotatable bonds is 9. The van der Waals surface area contributed by atoms with Crippen LogP contribution in [0.1, 0.15) is 56.9 Å². The van der Waals surface area contributed by atoms with Crippen molar-refractivity contribution in [2.45, 2.75) is 58.9 Å². The van der Waals surface area contributed by atoms with Crippen LogP contribution in [-0.4, -0.2) is 25.2 Å². The lowest BCUT2D eigenvalue weighted by Crippen LogP contribution is -1.98. The van der Waals surface area contributed by atoms with Crippen molar-refractivity contribution in [3.05, 3.63) is 71.9 Å². The summed E-state index contributed by atoms with van der Waals surface area (Å²) < 4.78 is 5.70. The number of benzene rings is 2. The molecule has 0 saturated heterocycles. The number of hydrogen-bond donors (Lipinski definition) is 0. The first-order valence-electron chi connectivity index (χ1n) is 11.1. The summed E-state index contributed by atoms with van der Waals surface area (Å²) in [4.78, 5) is 1.76. The minimum Gasteiger partial charge on any atom is -0.425 e. The highest BCUT2D eigenvalue weighted by molar-refractivity contribution is 5.77. The van der Waals surface area contributed by atoms with E-state index in [2.05, 4.69) is 67.4 Å². The van der Waals surface area contributed by atoms with Gasteiger partial charge in [0.05, 0.1) is 6.54 Å². The second kappa shape index (κ2) is 9.69. The van der Waals surface area contributed by atoms with E-state index in [1.54, 1.807) is 4.80 Å². The molecule has 6 heteroatoms. The minimum absolute atomic E-state index is 0.274. The predicted octanol–water partition coefficient (Wildman–Crippen LogP) is 5.70. The molecule has 2 heterocycles. The van der Waals surface area contributed by atoms with Crippen LogP contribution in [0.5, 0.6) is 0 Å². The molecular weight excluding hydrogens is 386 g/mol. The van der Waals surface area contributed by atoms with Crippen LogP contribution in [0, 0.1) is 0 Å². The average molecular weight is 416 g/mol. The van der Waals surface area contributed by atoms with Crippen molar-refractivity contribution < 1.29 is 4.42 Å². The number of hydrogen-bond acceptors (Lipinski definition) is 5.